The van der Waals surface area contributed by atoms with E-state index >= 15 is 0 Å². The molecule has 6 nitrogen and oxygen atoms in total. The maximum atomic E-state index is 13.3. The van der Waals surface area contributed by atoms with Crippen molar-refractivity contribution in [2.75, 3.05) is 41.8 Å². The fourth-order valence-electron chi connectivity index (χ4n) is 3.14. The molecule has 0 aliphatic carbocycles. The van der Waals surface area contributed by atoms with Crippen molar-refractivity contribution in [3.8, 4) is 0 Å². The van der Waals surface area contributed by atoms with Crippen LogP contribution >= 0.6 is 0 Å². The molecule has 0 spiro atoms. The van der Waals surface area contributed by atoms with Crippen molar-refractivity contribution >= 4 is 28.9 Å². The van der Waals surface area contributed by atoms with Crippen molar-refractivity contribution in [1.29, 1.82) is 0 Å². The summed E-state index contributed by atoms with van der Waals surface area (Å²) in [6.07, 6.45) is -4.54. The lowest BCUT2D eigenvalue weighted by atomic mass is 9.95. The summed E-state index contributed by atoms with van der Waals surface area (Å²) in [5.74, 6) is -0.798. The Morgan fingerprint density at radius 3 is 2.28 bits per heavy atom. The van der Waals surface area contributed by atoms with E-state index in [2.05, 4.69) is 10.6 Å². The second kappa shape index (κ2) is 9.20. The van der Waals surface area contributed by atoms with Gasteiger partial charge in [0.05, 0.1) is 30.2 Å². The molecule has 0 aromatic heterocycles. The van der Waals surface area contributed by atoms with Gasteiger partial charge in [-0.2, -0.15) is 13.2 Å². The van der Waals surface area contributed by atoms with Crippen LogP contribution in [0, 0.1) is 5.41 Å². The van der Waals surface area contributed by atoms with E-state index in [1.165, 1.54) is 18.2 Å². The quantitative estimate of drug-likeness (QED) is 0.705. The van der Waals surface area contributed by atoms with Gasteiger partial charge in [-0.25, -0.2) is 0 Å². The smallest absolute Gasteiger partial charge is 0.378 e. The molecule has 0 saturated carbocycles. The van der Waals surface area contributed by atoms with Crippen LogP contribution in [0.2, 0.25) is 0 Å². The minimum absolute atomic E-state index is 0.0656. The predicted octanol–water partition coefficient (Wildman–Crippen LogP) is 4.78. The number of carbonyl (C=O) groups excluding carboxylic acids is 2. The zero-order chi connectivity index (χ0) is 23.5. The molecule has 2 amide bonds. The Bertz CT molecular complexity index is 994. The van der Waals surface area contributed by atoms with Gasteiger partial charge in [0.15, 0.2) is 0 Å². The van der Waals surface area contributed by atoms with Gasteiger partial charge < -0.3 is 20.3 Å². The Kier molecular flexibility index (Phi) is 6.78. The molecule has 0 atom stereocenters. The highest BCUT2D eigenvalue weighted by atomic mass is 19.4. The van der Waals surface area contributed by atoms with E-state index in [4.69, 9.17) is 4.74 Å². The Morgan fingerprint density at radius 1 is 0.969 bits per heavy atom. The maximum absolute atomic E-state index is 13.3. The summed E-state index contributed by atoms with van der Waals surface area (Å²) in [5, 5.41) is 5.36. The van der Waals surface area contributed by atoms with Gasteiger partial charge in [0.1, 0.15) is 0 Å². The second-order valence-electron chi connectivity index (χ2n) is 8.57. The van der Waals surface area contributed by atoms with Gasteiger partial charge >= 0.3 is 6.18 Å². The van der Waals surface area contributed by atoms with Crippen molar-refractivity contribution in [3.05, 3.63) is 53.6 Å². The van der Waals surface area contributed by atoms with Gasteiger partial charge in [0, 0.05) is 29.8 Å². The van der Waals surface area contributed by atoms with E-state index in [0.29, 0.717) is 37.7 Å². The van der Waals surface area contributed by atoms with Crippen LogP contribution in [0.1, 0.15) is 36.7 Å². The number of anilines is 3. The normalized spacial score (nSPS) is 14.8. The molecule has 2 N–H and O–H groups in total. The summed E-state index contributed by atoms with van der Waals surface area (Å²) in [7, 11) is 0. The van der Waals surface area contributed by atoms with E-state index < -0.39 is 23.1 Å². The molecule has 1 fully saturated rings. The number of ether oxygens (including phenoxy) is 1. The van der Waals surface area contributed by atoms with Crippen molar-refractivity contribution in [2.24, 2.45) is 5.41 Å². The number of amides is 2. The molecule has 2 aromatic rings. The molecule has 1 aliphatic rings. The number of rotatable bonds is 4. The molecule has 1 aliphatic heterocycles. The maximum Gasteiger partial charge on any atom is 0.416 e. The van der Waals surface area contributed by atoms with E-state index in [1.807, 2.05) is 4.90 Å². The minimum atomic E-state index is -4.54. The molecule has 1 saturated heterocycles. The summed E-state index contributed by atoms with van der Waals surface area (Å²) >= 11 is 0. The highest BCUT2D eigenvalue weighted by Crippen LogP contribution is 2.36. The number of hydrogen-bond acceptors (Lipinski definition) is 4. The number of nitrogens with zero attached hydrogens (tertiary/aromatic N) is 1. The molecule has 3 rings (SSSR count). The van der Waals surface area contributed by atoms with Gasteiger partial charge in [-0.3, -0.25) is 9.59 Å². The Morgan fingerprint density at radius 2 is 1.66 bits per heavy atom. The highest BCUT2D eigenvalue weighted by molar-refractivity contribution is 6.07. The average molecular weight is 449 g/mol. The Balaban J connectivity index is 1.87. The molecule has 2 aromatic carbocycles. The monoisotopic (exact) mass is 449 g/mol. The zero-order valence-electron chi connectivity index (χ0n) is 18.2. The number of morpholine rings is 1. The molecule has 0 bridgehead atoms. The van der Waals surface area contributed by atoms with Gasteiger partial charge in [-0.15, -0.1) is 0 Å². The minimum Gasteiger partial charge on any atom is -0.378 e. The summed E-state index contributed by atoms with van der Waals surface area (Å²) in [6.45, 7) is 7.19. The lowest BCUT2D eigenvalue weighted by Gasteiger charge is -2.31. The lowest BCUT2D eigenvalue weighted by molar-refractivity contribution is -0.137. The van der Waals surface area contributed by atoms with Crippen molar-refractivity contribution < 1.29 is 27.5 Å². The molecule has 9 heteroatoms. The van der Waals surface area contributed by atoms with Crippen LogP contribution in [-0.2, 0) is 15.7 Å². The summed E-state index contributed by atoms with van der Waals surface area (Å²) in [6, 6.07) is 9.57. The van der Waals surface area contributed by atoms with Gasteiger partial charge in [-0.1, -0.05) is 26.8 Å². The zero-order valence-corrected chi connectivity index (χ0v) is 18.2. The number of benzene rings is 2. The third-order valence-electron chi connectivity index (χ3n) is 4.99. The van der Waals surface area contributed by atoms with E-state index in [0.717, 1.165) is 12.1 Å². The second-order valence-corrected chi connectivity index (χ2v) is 8.57. The van der Waals surface area contributed by atoms with Crippen molar-refractivity contribution in [2.45, 2.75) is 26.9 Å². The summed E-state index contributed by atoms with van der Waals surface area (Å²) < 4.78 is 45.2. The van der Waals surface area contributed by atoms with Crippen LogP contribution in [0.4, 0.5) is 30.2 Å². The topological polar surface area (TPSA) is 70.7 Å². The average Bonchev–Trinajstić information content (AvgIpc) is 2.73. The first kappa shape index (κ1) is 23.6. The van der Waals surface area contributed by atoms with Crippen LogP contribution in [0.5, 0.6) is 0 Å². The molecule has 0 radical (unpaired) electrons. The van der Waals surface area contributed by atoms with Gasteiger partial charge in [0.25, 0.3) is 5.91 Å². The Labute approximate surface area is 184 Å². The third kappa shape index (κ3) is 5.79. The first-order valence-corrected chi connectivity index (χ1v) is 10.2. The van der Waals surface area contributed by atoms with E-state index in [1.54, 1.807) is 32.9 Å². The molecular formula is C23H26F3N3O3. The first-order valence-electron chi connectivity index (χ1n) is 10.2. The molecule has 1 heterocycles. The Hall–Kier alpha value is -3.07. The van der Waals surface area contributed by atoms with E-state index in [9.17, 15) is 22.8 Å². The molecular weight excluding hydrogens is 423 g/mol. The largest absolute Gasteiger partial charge is 0.416 e. The number of hydrogen-bond donors (Lipinski definition) is 2. The van der Waals surface area contributed by atoms with Crippen LogP contribution < -0.4 is 15.5 Å². The number of alkyl halides is 3. The lowest BCUT2D eigenvalue weighted by Crippen LogP contribution is -2.36. The number of nitrogens with one attached hydrogen (secondary N) is 2. The molecule has 172 valence electrons. The van der Waals surface area contributed by atoms with Crippen LogP contribution in [0.15, 0.2) is 42.5 Å². The standard InChI is InChI=1S/C23H26F3N3O3/c1-22(2,3)21(31)27-17-6-4-5-15(13-17)20(30)28-18-14-16(23(24,25)26)7-8-19(18)29-9-11-32-12-10-29/h4-8,13-14H,9-12H2,1-3H3,(H,27,31)(H,28,30). The van der Waals surface area contributed by atoms with Crippen LogP contribution in [0.25, 0.3) is 0 Å². The van der Waals surface area contributed by atoms with Crippen molar-refractivity contribution in [1.82, 2.24) is 0 Å². The fourth-order valence-corrected chi connectivity index (χ4v) is 3.14. The van der Waals surface area contributed by atoms with Gasteiger partial charge in [-0.05, 0) is 36.4 Å². The first-order chi connectivity index (χ1) is 14.9. The number of carbonyl (C=O) groups is 2. The molecule has 0 unspecified atom stereocenters. The summed E-state index contributed by atoms with van der Waals surface area (Å²) in [4.78, 5) is 27.0. The fraction of sp³-hybridized carbons (Fsp3) is 0.391. The van der Waals surface area contributed by atoms with Crippen LogP contribution in [0.3, 0.4) is 0 Å². The third-order valence-corrected chi connectivity index (χ3v) is 4.99. The SMILES string of the molecule is CC(C)(C)C(=O)Nc1cccc(C(=O)Nc2cc(C(F)(F)F)ccc2N2CCOCC2)c1. The van der Waals surface area contributed by atoms with Crippen molar-refractivity contribution in [3.63, 3.8) is 0 Å². The van der Waals surface area contributed by atoms with E-state index in [-0.39, 0.29) is 17.2 Å². The highest BCUT2D eigenvalue weighted by Gasteiger charge is 2.32. The predicted molar refractivity (Wildman–Crippen MR) is 117 cm³/mol. The summed E-state index contributed by atoms with van der Waals surface area (Å²) in [5.41, 5.74) is -0.278. The van der Waals surface area contributed by atoms with Gasteiger partial charge in [0.2, 0.25) is 5.91 Å². The number of halogens is 3. The molecule has 32 heavy (non-hydrogen) atoms. The van der Waals surface area contributed by atoms with Crippen LogP contribution in [-0.4, -0.2) is 38.1 Å².